The molecule has 0 saturated carbocycles. The molecule has 3 heteroatoms. The van der Waals surface area contributed by atoms with E-state index >= 15 is 0 Å². The van der Waals surface area contributed by atoms with E-state index in [1.807, 2.05) is 19.1 Å². The summed E-state index contributed by atoms with van der Waals surface area (Å²) >= 11 is 0. The van der Waals surface area contributed by atoms with Crippen molar-refractivity contribution >= 4 is 0 Å². The molecular formula is C14H21NO2. The summed E-state index contributed by atoms with van der Waals surface area (Å²) in [6.07, 6.45) is 2.64. The van der Waals surface area contributed by atoms with Crippen LogP contribution in [0.3, 0.4) is 0 Å². The molecule has 2 unspecified atom stereocenters. The number of phenolic OH excluding ortho intramolecular Hbond substituents is 1. The molecule has 0 bridgehead atoms. The minimum Gasteiger partial charge on any atom is -0.508 e. The number of nitrogens with one attached hydrogen (secondary N) is 1. The van der Waals surface area contributed by atoms with Gasteiger partial charge in [-0.05, 0) is 32.8 Å². The highest BCUT2D eigenvalue weighted by atomic mass is 16.5. The average Bonchev–Trinajstić information content (AvgIpc) is 2.82. The van der Waals surface area contributed by atoms with E-state index in [0.29, 0.717) is 11.9 Å². The van der Waals surface area contributed by atoms with Crippen molar-refractivity contribution in [2.75, 3.05) is 13.2 Å². The predicted octanol–water partition coefficient (Wildman–Crippen LogP) is 2.53. The summed E-state index contributed by atoms with van der Waals surface area (Å²) in [4.78, 5) is 0. The smallest absolute Gasteiger partial charge is 0.120 e. The average molecular weight is 235 g/mol. The molecular weight excluding hydrogens is 214 g/mol. The minimum absolute atomic E-state index is 0.152. The molecule has 1 aromatic rings. The summed E-state index contributed by atoms with van der Waals surface area (Å²) in [5.41, 5.74) is 2.13. The zero-order valence-electron chi connectivity index (χ0n) is 10.6. The van der Waals surface area contributed by atoms with Crippen LogP contribution in [0.2, 0.25) is 0 Å². The van der Waals surface area contributed by atoms with Gasteiger partial charge in [0.1, 0.15) is 5.75 Å². The number of phenols is 1. The predicted molar refractivity (Wildman–Crippen MR) is 68.2 cm³/mol. The van der Waals surface area contributed by atoms with Crippen molar-refractivity contribution < 1.29 is 9.84 Å². The van der Waals surface area contributed by atoms with Crippen LogP contribution in [0.1, 0.15) is 36.9 Å². The van der Waals surface area contributed by atoms with Gasteiger partial charge < -0.3 is 15.2 Å². The summed E-state index contributed by atoms with van der Waals surface area (Å²) in [7, 11) is 0. The first kappa shape index (κ1) is 12.4. The minimum atomic E-state index is 0.152. The molecule has 1 heterocycles. The quantitative estimate of drug-likeness (QED) is 0.842. The van der Waals surface area contributed by atoms with Crippen LogP contribution < -0.4 is 5.32 Å². The van der Waals surface area contributed by atoms with E-state index < -0.39 is 0 Å². The Labute approximate surface area is 103 Å². The normalized spacial score (nSPS) is 21.6. The number of aromatic hydroxyl groups is 1. The SMILES string of the molecule is Cc1ccc(O)c(C(C)NCC2CCCO2)c1. The van der Waals surface area contributed by atoms with Gasteiger partial charge in [-0.3, -0.25) is 0 Å². The molecule has 1 saturated heterocycles. The number of ether oxygens (including phenoxy) is 1. The van der Waals surface area contributed by atoms with Crippen LogP contribution in [0, 0.1) is 6.92 Å². The van der Waals surface area contributed by atoms with Gasteiger partial charge in [-0.2, -0.15) is 0 Å². The first-order valence-electron chi connectivity index (χ1n) is 6.31. The Morgan fingerprint density at radius 2 is 2.35 bits per heavy atom. The van der Waals surface area contributed by atoms with Crippen molar-refractivity contribution in [2.24, 2.45) is 0 Å². The molecule has 17 heavy (non-hydrogen) atoms. The molecule has 0 radical (unpaired) electrons. The van der Waals surface area contributed by atoms with E-state index in [1.54, 1.807) is 6.07 Å². The Kier molecular flexibility index (Phi) is 4.02. The van der Waals surface area contributed by atoms with E-state index in [9.17, 15) is 5.11 Å². The van der Waals surface area contributed by atoms with Crippen molar-refractivity contribution in [1.29, 1.82) is 0 Å². The van der Waals surface area contributed by atoms with Gasteiger partial charge in [-0.25, -0.2) is 0 Å². The van der Waals surface area contributed by atoms with E-state index in [-0.39, 0.29) is 6.04 Å². The molecule has 0 aromatic heterocycles. The van der Waals surface area contributed by atoms with Gasteiger partial charge in [-0.15, -0.1) is 0 Å². The highest BCUT2D eigenvalue weighted by Gasteiger charge is 2.17. The van der Waals surface area contributed by atoms with Gasteiger partial charge in [-0.1, -0.05) is 17.7 Å². The van der Waals surface area contributed by atoms with Gasteiger partial charge in [0.05, 0.1) is 6.10 Å². The van der Waals surface area contributed by atoms with Crippen LogP contribution in [-0.4, -0.2) is 24.4 Å². The molecule has 3 nitrogen and oxygen atoms in total. The van der Waals surface area contributed by atoms with Crippen molar-refractivity contribution in [1.82, 2.24) is 5.32 Å². The fourth-order valence-electron chi connectivity index (χ4n) is 2.24. The molecule has 1 fully saturated rings. The third-order valence-corrected chi connectivity index (χ3v) is 3.33. The number of aryl methyl sites for hydroxylation is 1. The van der Waals surface area contributed by atoms with Gasteiger partial charge in [0.2, 0.25) is 0 Å². The Morgan fingerprint density at radius 1 is 1.53 bits per heavy atom. The molecule has 0 spiro atoms. The van der Waals surface area contributed by atoms with Crippen LogP contribution in [0.25, 0.3) is 0 Å². The first-order valence-corrected chi connectivity index (χ1v) is 6.31. The second-order valence-electron chi connectivity index (χ2n) is 4.83. The zero-order valence-corrected chi connectivity index (χ0v) is 10.6. The molecule has 0 aliphatic carbocycles. The third-order valence-electron chi connectivity index (χ3n) is 3.33. The molecule has 1 aromatic carbocycles. The molecule has 2 N–H and O–H groups in total. The summed E-state index contributed by atoms with van der Waals surface area (Å²) in [6.45, 7) is 5.85. The third kappa shape index (κ3) is 3.20. The molecule has 2 atom stereocenters. The lowest BCUT2D eigenvalue weighted by Gasteiger charge is -2.18. The van der Waals surface area contributed by atoms with E-state index in [4.69, 9.17) is 4.74 Å². The summed E-state index contributed by atoms with van der Waals surface area (Å²) < 4.78 is 5.57. The lowest BCUT2D eigenvalue weighted by molar-refractivity contribution is 0.108. The van der Waals surface area contributed by atoms with Gasteiger partial charge in [0.15, 0.2) is 0 Å². The summed E-state index contributed by atoms with van der Waals surface area (Å²) in [5.74, 6) is 0.364. The van der Waals surface area contributed by atoms with E-state index in [1.165, 1.54) is 5.56 Å². The number of hydrogen-bond donors (Lipinski definition) is 2. The van der Waals surface area contributed by atoms with Crippen LogP contribution >= 0.6 is 0 Å². The highest BCUT2D eigenvalue weighted by Crippen LogP contribution is 2.25. The largest absolute Gasteiger partial charge is 0.508 e. The van der Waals surface area contributed by atoms with Gasteiger partial charge >= 0.3 is 0 Å². The van der Waals surface area contributed by atoms with Crippen molar-refractivity contribution in [3.05, 3.63) is 29.3 Å². The Morgan fingerprint density at radius 3 is 3.06 bits per heavy atom. The maximum Gasteiger partial charge on any atom is 0.120 e. The molecule has 1 aliphatic heterocycles. The number of rotatable bonds is 4. The number of hydrogen-bond acceptors (Lipinski definition) is 3. The lowest BCUT2D eigenvalue weighted by atomic mass is 10.0. The molecule has 1 aliphatic rings. The Bertz CT molecular complexity index is 372. The van der Waals surface area contributed by atoms with E-state index in [0.717, 1.165) is 31.6 Å². The molecule has 0 amide bonds. The second kappa shape index (κ2) is 5.52. The van der Waals surface area contributed by atoms with Gasteiger partial charge in [0.25, 0.3) is 0 Å². The van der Waals surface area contributed by atoms with E-state index in [2.05, 4.69) is 12.2 Å². The van der Waals surface area contributed by atoms with Crippen molar-refractivity contribution in [2.45, 2.75) is 38.8 Å². The Hall–Kier alpha value is -1.06. The summed E-state index contributed by atoms with van der Waals surface area (Å²) in [5, 5.41) is 13.2. The topological polar surface area (TPSA) is 41.5 Å². The van der Waals surface area contributed by atoms with Crippen molar-refractivity contribution in [3.63, 3.8) is 0 Å². The lowest BCUT2D eigenvalue weighted by Crippen LogP contribution is -2.28. The maximum absolute atomic E-state index is 9.83. The Balaban J connectivity index is 1.93. The van der Waals surface area contributed by atoms with Crippen LogP contribution in [0.4, 0.5) is 0 Å². The van der Waals surface area contributed by atoms with Crippen LogP contribution in [0.15, 0.2) is 18.2 Å². The van der Waals surface area contributed by atoms with Crippen LogP contribution in [0.5, 0.6) is 5.75 Å². The molecule has 2 rings (SSSR count). The van der Waals surface area contributed by atoms with Crippen LogP contribution in [-0.2, 0) is 4.74 Å². The fourth-order valence-corrected chi connectivity index (χ4v) is 2.24. The maximum atomic E-state index is 9.83. The summed E-state index contributed by atoms with van der Waals surface area (Å²) in [6, 6.07) is 5.86. The van der Waals surface area contributed by atoms with Gasteiger partial charge in [0, 0.05) is 24.8 Å². The molecule has 94 valence electrons. The highest BCUT2D eigenvalue weighted by molar-refractivity contribution is 5.37. The van der Waals surface area contributed by atoms with Crippen molar-refractivity contribution in [3.8, 4) is 5.75 Å². The standard InChI is InChI=1S/C14H21NO2/c1-10-5-6-14(16)13(8-10)11(2)15-9-12-4-3-7-17-12/h5-6,8,11-12,15-16H,3-4,7,9H2,1-2H3. The monoisotopic (exact) mass is 235 g/mol. The zero-order chi connectivity index (χ0) is 12.3. The fraction of sp³-hybridized carbons (Fsp3) is 0.571. The number of benzene rings is 1. The second-order valence-corrected chi connectivity index (χ2v) is 4.83. The first-order chi connectivity index (χ1) is 8.16.